The highest BCUT2D eigenvalue weighted by atomic mass is 35.5. The third-order valence-electron chi connectivity index (χ3n) is 3.98. The van der Waals surface area contributed by atoms with E-state index in [0.29, 0.717) is 36.8 Å². The van der Waals surface area contributed by atoms with Gasteiger partial charge in [-0.2, -0.15) is 9.40 Å². The molecule has 0 amide bonds. The summed E-state index contributed by atoms with van der Waals surface area (Å²) in [5.41, 5.74) is 1.57. The summed E-state index contributed by atoms with van der Waals surface area (Å²) in [5, 5.41) is 8.76. The molecule has 2 aromatic rings. The van der Waals surface area contributed by atoms with Crippen molar-refractivity contribution in [2.45, 2.75) is 12.7 Å². The standard InChI is InChI=1S/C16H19ClN4O2S/c1-13-5-6-16(19-18-13)20-7-9-21(10-8-20)24(22,23)12-14-3-2-4-15(17)11-14/h2-6,11H,7-10,12H2,1H3. The molecule has 1 fully saturated rings. The number of anilines is 1. The second-order valence-corrected chi connectivity index (χ2v) is 8.21. The lowest BCUT2D eigenvalue weighted by molar-refractivity contribution is 0.383. The quantitative estimate of drug-likeness (QED) is 0.828. The molecule has 0 bridgehead atoms. The van der Waals surface area contributed by atoms with Crippen LogP contribution in [0.25, 0.3) is 0 Å². The van der Waals surface area contributed by atoms with Gasteiger partial charge < -0.3 is 4.90 Å². The molecule has 1 saturated heterocycles. The van der Waals surface area contributed by atoms with Crippen LogP contribution in [-0.4, -0.2) is 49.1 Å². The fraction of sp³-hybridized carbons (Fsp3) is 0.375. The summed E-state index contributed by atoms with van der Waals surface area (Å²) in [4.78, 5) is 2.05. The predicted molar refractivity (Wildman–Crippen MR) is 94.6 cm³/mol. The van der Waals surface area contributed by atoms with Crippen molar-refractivity contribution in [1.82, 2.24) is 14.5 Å². The fourth-order valence-electron chi connectivity index (χ4n) is 2.68. The van der Waals surface area contributed by atoms with Gasteiger partial charge in [-0.3, -0.25) is 0 Å². The second-order valence-electron chi connectivity index (χ2n) is 5.81. The monoisotopic (exact) mass is 366 g/mol. The number of aromatic nitrogens is 2. The molecule has 3 rings (SSSR count). The van der Waals surface area contributed by atoms with Crippen LogP contribution in [0.3, 0.4) is 0 Å². The summed E-state index contributed by atoms with van der Waals surface area (Å²) in [6, 6.07) is 10.8. The van der Waals surface area contributed by atoms with E-state index in [9.17, 15) is 8.42 Å². The Balaban J connectivity index is 1.64. The van der Waals surface area contributed by atoms with Crippen molar-refractivity contribution >= 4 is 27.4 Å². The van der Waals surface area contributed by atoms with E-state index < -0.39 is 10.0 Å². The van der Waals surface area contributed by atoms with Gasteiger partial charge in [-0.1, -0.05) is 23.7 Å². The fourth-order valence-corrected chi connectivity index (χ4v) is 4.40. The van der Waals surface area contributed by atoms with Crippen LogP contribution in [0.5, 0.6) is 0 Å². The van der Waals surface area contributed by atoms with Gasteiger partial charge in [-0.25, -0.2) is 8.42 Å². The van der Waals surface area contributed by atoms with Gasteiger partial charge in [0.2, 0.25) is 10.0 Å². The molecule has 1 aromatic carbocycles. The molecule has 0 unspecified atom stereocenters. The second kappa shape index (κ2) is 7.04. The normalized spacial score (nSPS) is 16.3. The molecular weight excluding hydrogens is 348 g/mol. The van der Waals surface area contributed by atoms with Crippen LogP contribution < -0.4 is 4.90 Å². The summed E-state index contributed by atoms with van der Waals surface area (Å²) in [6.07, 6.45) is 0. The Morgan fingerprint density at radius 3 is 2.46 bits per heavy atom. The molecule has 1 aliphatic rings. The number of nitrogens with zero attached hydrogens (tertiary/aromatic N) is 4. The lowest BCUT2D eigenvalue weighted by atomic mass is 10.2. The highest BCUT2D eigenvalue weighted by Gasteiger charge is 2.27. The third kappa shape index (κ3) is 4.03. The first-order valence-electron chi connectivity index (χ1n) is 7.71. The number of piperazine rings is 1. The Labute approximate surface area is 147 Å². The van der Waals surface area contributed by atoms with Crippen molar-refractivity contribution in [3.05, 3.63) is 52.7 Å². The molecule has 6 nitrogen and oxygen atoms in total. The van der Waals surface area contributed by atoms with Crippen LogP contribution in [-0.2, 0) is 15.8 Å². The van der Waals surface area contributed by atoms with Crippen LogP contribution in [0.1, 0.15) is 11.3 Å². The number of hydrogen-bond acceptors (Lipinski definition) is 5. The van der Waals surface area contributed by atoms with Crippen molar-refractivity contribution in [3.63, 3.8) is 0 Å². The number of sulfonamides is 1. The average molecular weight is 367 g/mol. The number of aryl methyl sites for hydroxylation is 1. The van der Waals surface area contributed by atoms with E-state index >= 15 is 0 Å². The van der Waals surface area contributed by atoms with Gasteiger partial charge in [-0.15, -0.1) is 5.10 Å². The van der Waals surface area contributed by atoms with Gasteiger partial charge in [0.15, 0.2) is 5.82 Å². The number of hydrogen-bond donors (Lipinski definition) is 0. The van der Waals surface area contributed by atoms with Crippen molar-refractivity contribution in [1.29, 1.82) is 0 Å². The summed E-state index contributed by atoms with van der Waals surface area (Å²) in [7, 11) is -3.35. The maximum atomic E-state index is 12.6. The average Bonchev–Trinajstić information content (AvgIpc) is 2.55. The predicted octanol–water partition coefficient (Wildman–Crippen LogP) is 2.09. The summed E-state index contributed by atoms with van der Waals surface area (Å²) >= 11 is 5.93. The molecule has 8 heteroatoms. The molecule has 0 N–H and O–H groups in total. The minimum absolute atomic E-state index is 0.0299. The van der Waals surface area contributed by atoms with Gasteiger partial charge in [0.1, 0.15) is 0 Å². The first-order chi connectivity index (χ1) is 11.4. The lowest BCUT2D eigenvalue weighted by Crippen LogP contribution is -2.49. The Morgan fingerprint density at radius 2 is 1.83 bits per heavy atom. The van der Waals surface area contributed by atoms with Crippen LogP contribution in [0, 0.1) is 6.92 Å². The third-order valence-corrected chi connectivity index (χ3v) is 6.06. The molecule has 0 spiro atoms. The van der Waals surface area contributed by atoms with Gasteiger partial charge in [0.25, 0.3) is 0 Å². The molecule has 1 aliphatic heterocycles. The molecule has 128 valence electrons. The molecular formula is C16H19ClN4O2S. The minimum Gasteiger partial charge on any atom is -0.352 e. The van der Waals surface area contributed by atoms with E-state index in [1.165, 1.54) is 4.31 Å². The lowest BCUT2D eigenvalue weighted by Gasteiger charge is -2.34. The topological polar surface area (TPSA) is 66.4 Å². The van der Waals surface area contributed by atoms with Crippen LogP contribution in [0.4, 0.5) is 5.82 Å². The minimum atomic E-state index is -3.35. The van der Waals surface area contributed by atoms with Gasteiger partial charge in [0, 0.05) is 31.2 Å². The Kier molecular flexibility index (Phi) is 5.03. The van der Waals surface area contributed by atoms with Crippen LogP contribution in [0.15, 0.2) is 36.4 Å². The Bertz CT molecular complexity index is 803. The van der Waals surface area contributed by atoms with E-state index in [1.54, 1.807) is 24.3 Å². The molecule has 0 atom stereocenters. The van der Waals surface area contributed by atoms with E-state index in [1.807, 2.05) is 19.1 Å². The smallest absolute Gasteiger partial charge is 0.218 e. The molecule has 2 heterocycles. The van der Waals surface area contributed by atoms with Crippen molar-refractivity contribution < 1.29 is 8.42 Å². The van der Waals surface area contributed by atoms with Crippen LogP contribution >= 0.6 is 11.6 Å². The van der Waals surface area contributed by atoms with E-state index in [2.05, 4.69) is 15.1 Å². The highest BCUT2D eigenvalue weighted by molar-refractivity contribution is 7.88. The molecule has 24 heavy (non-hydrogen) atoms. The van der Waals surface area contributed by atoms with Crippen LogP contribution in [0.2, 0.25) is 5.02 Å². The van der Waals surface area contributed by atoms with E-state index in [4.69, 9.17) is 11.6 Å². The van der Waals surface area contributed by atoms with E-state index in [-0.39, 0.29) is 5.75 Å². The molecule has 0 saturated carbocycles. The van der Waals surface area contributed by atoms with Gasteiger partial charge in [-0.05, 0) is 36.8 Å². The first kappa shape index (κ1) is 17.1. The van der Waals surface area contributed by atoms with E-state index in [0.717, 1.165) is 11.5 Å². The zero-order chi connectivity index (χ0) is 17.2. The SMILES string of the molecule is Cc1ccc(N2CCN(S(=O)(=O)Cc3cccc(Cl)c3)CC2)nn1. The molecule has 0 aliphatic carbocycles. The van der Waals surface area contributed by atoms with Gasteiger partial charge in [0.05, 0.1) is 11.4 Å². The summed E-state index contributed by atoms with van der Waals surface area (Å²) in [5.74, 6) is 0.755. The molecule has 0 radical (unpaired) electrons. The largest absolute Gasteiger partial charge is 0.352 e. The van der Waals surface area contributed by atoms with Crippen molar-refractivity contribution in [2.75, 3.05) is 31.1 Å². The van der Waals surface area contributed by atoms with Crippen molar-refractivity contribution in [3.8, 4) is 0 Å². The maximum Gasteiger partial charge on any atom is 0.218 e. The molecule has 1 aromatic heterocycles. The maximum absolute atomic E-state index is 12.6. The summed E-state index contributed by atoms with van der Waals surface area (Å²) < 4.78 is 26.7. The Hall–Kier alpha value is -1.70. The first-order valence-corrected chi connectivity index (χ1v) is 9.70. The number of rotatable bonds is 4. The summed E-state index contributed by atoms with van der Waals surface area (Å²) in [6.45, 7) is 3.98. The number of halogens is 1. The highest BCUT2D eigenvalue weighted by Crippen LogP contribution is 2.18. The van der Waals surface area contributed by atoms with Gasteiger partial charge >= 0.3 is 0 Å². The number of benzene rings is 1. The zero-order valence-corrected chi connectivity index (χ0v) is 15.0. The van der Waals surface area contributed by atoms with Crippen molar-refractivity contribution in [2.24, 2.45) is 0 Å². The Morgan fingerprint density at radius 1 is 1.08 bits per heavy atom. The zero-order valence-electron chi connectivity index (χ0n) is 13.4.